The zero-order chi connectivity index (χ0) is 14.5. The Labute approximate surface area is 148 Å². The number of benzene rings is 1. The molecule has 1 aliphatic rings. The molecule has 0 saturated carbocycles. The molecule has 1 aliphatic heterocycles. The second kappa shape index (κ2) is 9.55. The van der Waals surface area contributed by atoms with Gasteiger partial charge in [-0.25, -0.2) is 4.98 Å². The Kier molecular flexibility index (Phi) is 8.09. The summed E-state index contributed by atoms with van der Waals surface area (Å²) < 4.78 is 5.68. The highest BCUT2D eigenvalue weighted by Crippen LogP contribution is 2.20. The number of halogens is 2. The van der Waals surface area contributed by atoms with Crippen molar-refractivity contribution in [3.63, 3.8) is 0 Å². The summed E-state index contributed by atoms with van der Waals surface area (Å²) in [5, 5.41) is 6.13. The van der Waals surface area contributed by atoms with Crippen LogP contribution in [0.1, 0.15) is 12.3 Å². The first-order valence-corrected chi connectivity index (χ1v) is 7.29. The molecule has 126 valence electrons. The third-order valence-electron chi connectivity index (χ3n) is 3.63. The quantitative estimate of drug-likeness (QED) is 0.833. The van der Waals surface area contributed by atoms with Crippen molar-refractivity contribution in [3.8, 4) is 11.3 Å². The Balaban J connectivity index is 0.00000132. The number of aromatic nitrogens is 1. The van der Waals surface area contributed by atoms with Gasteiger partial charge in [-0.2, -0.15) is 0 Å². The van der Waals surface area contributed by atoms with Gasteiger partial charge in [0.15, 0.2) is 11.7 Å². The first kappa shape index (κ1) is 19.5. The number of rotatable bonds is 6. The average molecular weight is 358 g/mol. The van der Waals surface area contributed by atoms with Gasteiger partial charge in [-0.15, -0.1) is 24.8 Å². The van der Waals surface area contributed by atoms with Crippen LogP contribution in [0.15, 0.2) is 40.9 Å². The summed E-state index contributed by atoms with van der Waals surface area (Å²) in [6.45, 7) is 2.76. The predicted molar refractivity (Wildman–Crippen MR) is 94.1 cm³/mol. The molecular weight excluding hydrogens is 337 g/mol. The second-order valence-electron chi connectivity index (χ2n) is 5.31. The number of hydrogen-bond acceptors (Lipinski definition) is 4. The molecule has 0 unspecified atom stereocenters. The van der Waals surface area contributed by atoms with Gasteiger partial charge >= 0.3 is 0 Å². The van der Waals surface area contributed by atoms with E-state index < -0.39 is 0 Å². The minimum Gasteiger partial charge on any atom is -0.441 e. The predicted octanol–water partition coefficient (Wildman–Crippen LogP) is 2.45. The number of oxazole rings is 1. The number of hydrogen-bond donors (Lipinski definition) is 2. The summed E-state index contributed by atoms with van der Waals surface area (Å²) in [5.41, 5.74) is 0.998. The molecule has 1 saturated heterocycles. The minimum atomic E-state index is 0. The van der Waals surface area contributed by atoms with Crippen LogP contribution in [0.25, 0.3) is 11.3 Å². The molecule has 0 atom stereocenters. The van der Waals surface area contributed by atoms with Crippen molar-refractivity contribution in [1.29, 1.82) is 0 Å². The molecule has 2 N–H and O–H groups in total. The first-order chi connectivity index (χ1) is 10.3. The van der Waals surface area contributed by atoms with Gasteiger partial charge < -0.3 is 15.1 Å². The fourth-order valence-electron chi connectivity index (χ4n) is 2.22. The molecule has 5 nitrogen and oxygen atoms in total. The van der Waals surface area contributed by atoms with E-state index in [0.29, 0.717) is 24.7 Å². The van der Waals surface area contributed by atoms with Gasteiger partial charge in [-0.05, 0) is 0 Å². The molecule has 3 rings (SSSR count). The maximum absolute atomic E-state index is 11.7. The van der Waals surface area contributed by atoms with Crippen molar-refractivity contribution in [2.75, 3.05) is 19.6 Å². The fourth-order valence-corrected chi connectivity index (χ4v) is 2.22. The third kappa shape index (κ3) is 5.53. The van der Waals surface area contributed by atoms with Crippen LogP contribution in [-0.4, -0.2) is 30.5 Å². The maximum atomic E-state index is 11.7. The number of carbonyl (C=O) groups excluding carboxylic acids is 1. The van der Waals surface area contributed by atoms with Crippen LogP contribution >= 0.6 is 24.8 Å². The Hall–Kier alpha value is -1.56. The van der Waals surface area contributed by atoms with Crippen molar-refractivity contribution in [2.24, 2.45) is 5.92 Å². The average Bonchev–Trinajstić information content (AvgIpc) is 2.93. The monoisotopic (exact) mass is 357 g/mol. The summed E-state index contributed by atoms with van der Waals surface area (Å²) in [6.07, 6.45) is 2.65. The fraction of sp³-hybridized carbons (Fsp3) is 0.375. The van der Waals surface area contributed by atoms with E-state index in [4.69, 9.17) is 4.42 Å². The van der Waals surface area contributed by atoms with Crippen LogP contribution in [0.5, 0.6) is 0 Å². The number of nitrogens with zero attached hydrogens (tertiary/aromatic N) is 1. The molecule has 0 radical (unpaired) electrons. The molecule has 1 amide bonds. The van der Waals surface area contributed by atoms with E-state index in [1.807, 2.05) is 30.3 Å². The number of carbonyl (C=O) groups is 1. The smallest absolute Gasteiger partial charge is 0.220 e. The van der Waals surface area contributed by atoms with Crippen molar-refractivity contribution in [1.82, 2.24) is 15.6 Å². The highest BCUT2D eigenvalue weighted by molar-refractivity contribution is 5.85. The minimum absolute atomic E-state index is 0. The van der Waals surface area contributed by atoms with E-state index in [1.165, 1.54) is 0 Å². The Morgan fingerprint density at radius 1 is 1.26 bits per heavy atom. The largest absolute Gasteiger partial charge is 0.441 e. The van der Waals surface area contributed by atoms with E-state index in [2.05, 4.69) is 15.6 Å². The molecule has 2 aromatic rings. The van der Waals surface area contributed by atoms with Gasteiger partial charge in [-0.3, -0.25) is 4.79 Å². The molecule has 0 spiro atoms. The number of amides is 1. The van der Waals surface area contributed by atoms with E-state index in [9.17, 15) is 4.79 Å². The van der Waals surface area contributed by atoms with Gasteiger partial charge in [0.2, 0.25) is 5.91 Å². The van der Waals surface area contributed by atoms with Gasteiger partial charge in [0, 0.05) is 44.0 Å². The van der Waals surface area contributed by atoms with Gasteiger partial charge in [0.1, 0.15) is 0 Å². The first-order valence-electron chi connectivity index (χ1n) is 7.29. The zero-order valence-electron chi connectivity index (χ0n) is 12.7. The highest BCUT2D eigenvalue weighted by atomic mass is 35.5. The lowest BCUT2D eigenvalue weighted by molar-refractivity contribution is -0.121. The van der Waals surface area contributed by atoms with E-state index >= 15 is 0 Å². The molecule has 1 fully saturated rings. The van der Waals surface area contributed by atoms with E-state index in [-0.39, 0.29) is 30.7 Å². The van der Waals surface area contributed by atoms with Crippen molar-refractivity contribution in [3.05, 3.63) is 42.4 Å². The molecule has 2 heterocycles. The molecule has 7 heteroatoms. The molecule has 23 heavy (non-hydrogen) atoms. The zero-order valence-corrected chi connectivity index (χ0v) is 14.3. The molecule has 0 aliphatic carbocycles. The lowest BCUT2D eigenvalue weighted by Gasteiger charge is -2.27. The summed E-state index contributed by atoms with van der Waals surface area (Å²) >= 11 is 0. The number of nitrogens with one attached hydrogen (secondary N) is 2. The van der Waals surface area contributed by atoms with Crippen LogP contribution in [0, 0.1) is 5.92 Å². The van der Waals surface area contributed by atoms with Gasteiger partial charge in [-0.1, -0.05) is 30.3 Å². The topological polar surface area (TPSA) is 67.2 Å². The Bertz CT molecular complexity index is 600. The Morgan fingerprint density at radius 2 is 2.00 bits per heavy atom. The van der Waals surface area contributed by atoms with Crippen LogP contribution in [0.3, 0.4) is 0 Å². The highest BCUT2D eigenvalue weighted by Gasteiger charge is 2.17. The molecule has 1 aromatic carbocycles. The van der Waals surface area contributed by atoms with Gasteiger partial charge in [0.25, 0.3) is 0 Å². The molecular formula is C16H21Cl2N3O2. The molecule has 0 bridgehead atoms. The standard InChI is InChI=1S/C16H19N3O2.2ClH/c20-15(18-10-12-8-17-9-12)6-7-16-19-11-14(21-16)13-4-2-1-3-5-13;;/h1-5,11-12,17H,6-10H2,(H,18,20);2*1H. The third-order valence-corrected chi connectivity index (χ3v) is 3.63. The lowest BCUT2D eigenvalue weighted by atomic mass is 10.0. The van der Waals surface area contributed by atoms with Crippen LogP contribution < -0.4 is 10.6 Å². The maximum Gasteiger partial charge on any atom is 0.220 e. The SMILES string of the molecule is Cl.Cl.O=C(CCc1ncc(-c2ccccc2)o1)NCC1CNC1. The lowest BCUT2D eigenvalue weighted by Crippen LogP contribution is -2.48. The van der Waals surface area contributed by atoms with Crippen molar-refractivity contribution in [2.45, 2.75) is 12.8 Å². The second-order valence-corrected chi connectivity index (χ2v) is 5.31. The van der Waals surface area contributed by atoms with Crippen LogP contribution in [0.2, 0.25) is 0 Å². The van der Waals surface area contributed by atoms with E-state index in [0.717, 1.165) is 31.0 Å². The van der Waals surface area contributed by atoms with E-state index in [1.54, 1.807) is 6.20 Å². The summed E-state index contributed by atoms with van der Waals surface area (Å²) in [7, 11) is 0. The van der Waals surface area contributed by atoms with Crippen molar-refractivity contribution < 1.29 is 9.21 Å². The van der Waals surface area contributed by atoms with Crippen LogP contribution in [0.4, 0.5) is 0 Å². The van der Waals surface area contributed by atoms with Crippen molar-refractivity contribution >= 4 is 30.7 Å². The summed E-state index contributed by atoms with van der Waals surface area (Å²) in [4.78, 5) is 16.0. The van der Waals surface area contributed by atoms with Crippen LogP contribution in [-0.2, 0) is 11.2 Å². The summed E-state index contributed by atoms with van der Waals surface area (Å²) in [6, 6.07) is 9.83. The Morgan fingerprint density at radius 3 is 2.65 bits per heavy atom. The summed E-state index contributed by atoms with van der Waals surface area (Å²) in [5.74, 6) is 1.99. The molecule has 1 aromatic heterocycles. The number of aryl methyl sites for hydroxylation is 1. The normalized spacial score (nSPS) is 13.4. The van der Waals surface area contributed by atoms with Gasteiger partial charge in [0.05, 0.1) is 6.20 Å².